The van der Waals surface area contributed by atoms with Crippen molar-refractivity contribution in [2.24, 2.45) is 5.73 Å². The van der Waals surface area contributed by atoms with E-state index in [0.717, 1.165) is 22.9 Å². The molecule has 20 heavy (non-hydrogen) atoms. The van der Waals surface area contributed by atoms with E-state index in [1.807, 2.05) is 23.1 Å². The van der Waals surface area contributed by atoms with E-state index >= 15 is 0 Å². The summed E-state index contributed by atoms with van der Waals surface area (Å²) in [5.41, 5.74) is 7.28. The van der Waals surface area contributed by atoms with Gasteiger partial charge in [-0.25, -0.2) is 0 Å². The summed E-state index contributed by atoms with van der Waals surface area (Å²) in [4.78, 5) is 14.5. The first-order valence-corrected chi connectivity index (χ1v) is 7.94. The molecule has 1 aromatic carbocycles. The fourth-order valence-corrected chi connectivity index (χ4v) is 3.51. The quantitative estimate of drug-likeness (QED) is 0.849. The van der Waals surface area contributed by atoms with Gasteiger partial charge in [0.25, 0.3) is 0 Å². The molecular weight excluding hydrogens is 316 g/mol. The highest BCUT2D eigenvalue weighted by Gasteiger charge is 2.39. The second kappa shape index (κ2) is 5.86. The van der Waals surface area contributed by atoms with Crippen LogP contribution < -0.4 is 5.73 Å². The first-order valence-electron chi connectivity index (χ1n) is 7.14. The third-order valence-electron chi connectivity index (χ3n) is 3.83. The summed E-state index contributed by atoms with van der Waals surface area (Å²) in [7, 11) is 0. The molecule has 4 heteroatoms. The summed E-state index contributed by atoms with van der Waals surface area (Å²) in [5.74, 6) is 0.200. The van der Waals surface area contributed by atoms with Crippen molar-refractivity contribution in [1.29, 1.82) is 0 Å². The number of nitrogens with zero attached hydrogens (tertiary/aromatic N) is 1. The minimum Gasteiger partial charge on any atom is -0.329 e. The van der Waals surface area contributed by atoms with Crippen molar-refractivity contribution < 1.29 is 4.79 Å². The molecule has 1 fully saturated rings. The van der Waals surface area contributed by atoms with Crippen molar-refractivity contribution in [3.8, 4) is 0 Å². The second-order valence-corrected chi connectivity index (χ2v) is 7.31. The summed E-state index contributed by atoms with van der Waals surface area (Å²) >= 11 is 3.61. The molecule has 2 N–H and O–H groups in total. The Morgan fingerprint density at radius 1 is 1.30 bits per heavy atom. The van der Waals surface area contributed by atoms with Crippen molar-refractivity contribution in [3.05, 3.63) is 34.3 Å². The number of benzene rings is 1. The lowest BCUT2D eigenvalue weighted by Gasteiger charge is -2.43. The SMILES string of the molecule is CC(C)(C)N1C(=O)CCCC(N)C1c1ccccc1Br. The smallest absolute Gasteiger partial charge is 0.223 e. The number of hydrogen-bond donors (Lipinski definition) is 1. The van der Waals surface area contributed by atoms with Crippen LogP contribution in [0.25, 0.3) is 0 Å². The monoisotopic (exact) mass is 338 g/mol. The van der Waals surface area contributed by atoms with Crippen molar-refractivity contribution in [1.82, 2.24) is 4.90 Å². The van der Waals surface area contributed by atoms with Gasteiger partial charge in [-0.2, -0.15) is 0 Å². The van der Waals surface area contributed by atoms with Gasteiger partial charge in [0.2, 0.25) is 5.91 Å². The summed E-state index contributed by atoms with van der Waals surface area (Å²) < 4.78 is 1.02. The van der Waals surface area contributed by atoms with E-state index in [9.17, 15) is 4.79 Å². The molecule has 1 saturated heterocycles. The summed E-state index contributed by atoms with van der Waals surface area (Å²) in [6.45, 7) is 6.23. The fraction of sp³-hybridized carbons (Fsp3) is 0.562. The number of amides is 1. The van der Waals surface area contributed by atoms with Gasteiger partial charge < -0.3 is 10.6 Å². The van der Waals surface area contributed by atoms with Gasteiger partial charge in [-0.05, 0) is 45.2 Å². The predicted octanol–water partition coefficient (Wildman–Crippen LogP) is 3.63. The van der Waals surface area contributed by atoms with Gasteiger partial charge in [0, 0.05) is 22.5 Å². The largest absolute Gasteiger partial charge is 0.329 e. The first-order chi connectivity index (χ1) is 9.32. The fourth-order valence-electron chi connectivity index (χ4n) is 2.99. The molecule has 2 rings (SSSR count). The van der Waals surface area contributed by atoms with E-state index in [1.165, 1.54) is 0 Å². The average molecular weight is 339 g/mol. The molecule has 1 aromatic rings. The Morgan fingerprint density at radius 2 is 1.95 bits per heavy atom. The maximum absolute atomic E-state index is 12.6. The lowest BCUT2D eigenvalue weighted by molar-refractivity contribution is -0.139. The molecule has 1 aliphatic heterocycles. The van der Waals surface area contributed by atoms with Crippen LogP contribution in [0.15, 0.2) is 28.7 Å². The number of rotatable bonds is 1. The number of nitrogens with two attached hydrogens (primary N) is 1. The lowest BCUT2D eigenvalue weighted by atomic mass is 9.92. The van der Waals surface area contributed by atoms with Crippen LogP contribution in [-0.2, 0) is 4.79 Å². The first kappa shape index (κ1) is 15.5. The Morgan fingerprint density at radius 3 is 2.55 bits per heavy atom. The third-order valence-corrected chi connectivity index (χ3v) is 4.55. The number of hydrogen-bond acceptors (Lipinski definition) is 2. The van der Waals surface area contributed by atoms with Crippen molar-refractivity contribution in [3.63, 3.8) is 0 Å². The molecule has 1 amide bonds. The molecule has 0 spiro atoms. The molecule has 2 atom stereocenters. The minimum atomic E-state index is -0.237. The molecule has 0 aromatic heterocycles. The van der Waals surface area contributed by atoms with E-state index in [1.54, 1.807) is 0 Å². The Balaban J connectivity index is 2.53. The van der Waals surface area contributed by atoms with Crippen LogP contribution in [0.1, 0.15) is 51.6 Å². The molecule has 0 radical (unpaired) electrons. The lowest BCUT2D eigenvalue weighted by Crippen LogP contribution is -2.51. The Hall–Kier alpha value is -0.870. The van der Waals surface area contributed by atoms with E-state index < -0.39 is 0 Å². The number of halogens is 1. The second-order valence-electron chi connectivity index (χ2n) is 6.46. The molecule has 110 valence electrons. The maximum atomic E-state index is 12.6. The van der Waals surface area contributed by atoms with E-state index in [2.05, 4.69) is 42.8 Å². The van der Waals surface area contributed by atoms with Crippen molar-refractivity contribution in [2.75, 3.05) is 0 Å². The molecule has 0 saturated carbocycles. The molecular formula is C16H23BrN2O. The predicted molar refractivity (Wildman–Crippen MR) is 85.3 cm³/mol. The van der Waals surface area contributed by atoms with Gasteiger partial charge in [0.05, 0.1) is 6.04 Å². The molecule has 3 nitrogen and oxygen atoms in total. The van der Waals surface area contributed by atoms with Crippen molar-refractivity contribution in [2.45, 2.75) is 57.7 Å². The minimum absolute atomic E-state index is 0.0284. The zero-order valence-corrected chi connectivity index (χ0v) is 14.0. The van der Waals surface area contributed by atoms with Crippen LogP contribution in [0.2, 0.25) is 0 Å². The number of carbonyl (C=O) groups is 1. The van der Waals surface area contributed by atoms with Gasteiger partial charge >= 0.3 is 0 Å². The van der Waals surface area contributed by atoms with Gasteiger partial charge in [-0.1, -0.05) is 34.1 Å². The number of likely N-dealkylation sites (tertiary alicyclic amines) is 1. The normalized spacial score (nSPS) is 24.6. The third kappa shape index (κ3) is 3.07. The van der Waals surface area contributed by atoms with Crippen LogP contribution in [0.5, 0.6) is 0 Å². The van der Waals surface area contributed by atoms with E-state index in [-0.39, 0.29) is 23.5 Å². The van der Waals surface area contributed by atoms with E-state index in [0.29, 0.717) is 6.42 Å². The van der Waals surface area contributed by atoms with Gasteiger partial charge in [0.1, 0.15) is 0 Å². The van der Waals surface area contributed by atoms with E-state index in [4.69, 9.17) is 5.73 Å². The highest BCUT2D eigenvalue weighted by atomic mass is 79.9. The van der Waals surface area contributed by atoms with Crippen LogP contribution in [-0.4, -0.2) is 22.4 Å². The average Bonchev–Trinajstić information content (AvgIpc) is 2.48. The van der Waals surface area contributed by atoms with Gasteiger partial charge in [-0.3, -0.25) is 4.79 Å². The Bertz CT molecular complexity index is 495. The van der Waals surface area contributed by atoms with Crippen LogP contribution >= 0.6 is 15.9 Å². The van der Waals surface area contributed by atoms with Gasteiger partial charge in [-0.15, -0.1) is 0 Å². The van der Waals surface area contributed by atoms with Crippen molar-refractivity contribution >= 4 is 21.8 Å². The molecule has 0 bridgehead atoms. The highest BCUT2D eigenvalue weighted by molar-refractivity contribution is 9.10. The zero-order chi connectivity index (χ0) is 14.9. The summed E-state index contributed by atoms with van der Waals surface area (Å²) in [5, 5.41) is 0. The summed E-state index contributed by atoms with van der Waals surface area (Å²) in [6.07, 6.45) is 2.34. The Labute approximate surface area is 129 Å². The molecule has 1 aliphatic rings. The highest BCUT2D eigenvalue weighted by Crippen LogP contribution is 2.38. The summed E-state index contributed by atoms with van der Waals surface area (Å²) in [6, 6.07) is 7.96. The van der Waals surface area contributed by atoms with Crippen LogP contribution in [0.3, 0.4) is 0 Å². The zero-order valence-electron chi connectivity index (χ0n) is 12.4. The maximum Gasteiger partial charge on any atom is 0.223 e. The standard InChI is InChI=1S/C16H23BrN2O/c1-16(2,3)19-14(20)10-6-9-13(18)15(19)11-7-4-5-8-12(11)17/h4-5,7-8,13,15H,6,9-10,18H2,1-3H3. The molecule has 0 aliphatic carbocycles. The van der Waals surface area contributed by atoms with Crippen LogP contribution in [0, 0.1) is 0 Å². The molecule has 2 unspecified atom stereocenters. The van der Waals surface area contributed by atoms with Crippen LogP contribution in [0.4, 0.5) is 0 Å². The van der Waals surface area contributed by atoms with Gasteiger partial charge in [0.15, 0.2) is 0 Å². The number of carbonyl (C=O) groups excluding carboxylic acids is 1. The molecule has 1 heterocycles. The topological polar surface area (TPSA) is 46.3 Å². The Kier molecular flexibility index (Phi) is 4.55.